The molecule has 0 spiro atoms. The number of aromatic nitrogens is 1. The maximum absolute atomic E-state index is 12.7. The molecule has 0 atom stereocenters. The Labute approximate surface area is 206 Å². The Bertz CT molecular complexity index is 1010. The number of nitrogens with two attached hydrogens (primary N) is 1. The molecule has 2 heterocycles. The van der Waals surface area contributed by atoms with Crippen molar-refractivity contribution < 1.29 is 19.4 Å². The van der Waals surface area contributed by atoms with Gasteiger partial charge >= 0.3 is 5.97 Å². The topological polar surface area (TPSA) is 106 Å². The third kappa shape index (κ3) is 8.47. The molecule has 0 saturated heterocycles. The summed E-state index contributed by atoms with van der Waals surface area (Å²) in [5, 5.41) is 10.5. The number of hydrogen-bond donors (Lipinski definition) is 2. The molecule has 7 nitrogen and oxygen atoms in total. The molecule has 184 valence electrons. The number of carboxylic acid groups (broad SMARTS) is 1. The van der Waals surface area contributed by atoms with E-state index < -0.39 is 5.97 Å². The third-order valence-corrected chi connectivity index (χ3v) is 6.30. The number of carboxylic acids is 1. The lowest BCUT2D eigenvalue weighted by Crippen LogP contribution is -2.43. The molecule has 2 aromatic heterocycles. The molecule has 2 aromatic rings. The zero-order chi connectivity index (χ0) is 25.3. The van der Waals surface area contributed by atoms with E-state index in [-0.39, 0.29) is 27.8 Å². The van der Waals surface area contributed by atoms with Gasteiger partial charge in [-0.1, -0.05) is 18.8 Å². The second kappa shape index (κ2) is 12.5. The minimum atomic E-state index is -1.09. The number of hydrazine groups is 1. The van der Waals surface area contributed by atoms with Crippen molar-refractivity contribution in [2.24, 2.45) is 23.1 Å². The number of thiophene rings is 1. The second-order valence-electron chi connectivity index (χ2n) is 9.42. The van der Waals surface area contributed by atoms with Crippen LogP contribution in [0.15, 0.2) is 30.6 Å². The van der Waals surface area contributed by atoms with Crippen LogP contribution in [0.1, 0.15) is 74.9 Å². The van der Waals surface area contributed by atoms with Crippen molar-refractivity contribution in [1.82, 2.24) is 4.98 Å². The van der Waals surface area contributed by atoms with Crippen LogP contribution >= 0.6 is 11.3 Å². The van der Waals surface area contributed by atoms with Crippen LogP contribution in [0.3, 0.4) is 0 Å². The molecule has 1 saturated carbocycles. The predicted molar refractivity (Wildman–Crippen MR) is 136 cm³/mol. The summed E-state index contributed by atoms with van der Waals surface area (Å²) in [5.41, 5.74) is 0.0456. The SMILES string of the molecule is CC1CCC(C(=O)N(N)c2cc(C#CC(C)(C)C)sc2C(=O)O)CC1.CCOc1cccnc1. The Morgan fingerprint density at radius 2 is 1.97 bits per heavy atom. The van der Waals surface area contributed by atoms with Crippen molar-refractivity contribution in [3.8, 4) is 17.6 Å². The number of amides is 1. The maximum Gasteiger partial charge on any atom is 0.348 e. The molecular formula is C26H35N3O4S. The van der Waals surface area contributed by atoms with E-state index in [2.05, 4.69) is 23.7 Å². The minimum absolute atomic E-state index is 0.0539. The fraction of sp³-hybridized carbons (Fsp3) is 0.500. The van der Waals surface area contributed by atoms with Gasteiger partial charge in [0.15, 0.2) is 0 Å². The Morgan fingerprint density at radius 1 is 1.29 bits per heavy atom. The van der Waals surface area contributed by atoms with E-state index in [4.69, 9.17) is 10.6 Å². The van der Waals surface area contributed by atoms with Crippen LogP contribution in [0.25, 0.3) is 0 Å². The number of ether oxygens (including phenoxy) is 1. The summed E-state index contributed by atoms with van der Waals surface area (Å²) >= 11 is 1.05. The average molecular weight is 486 g/mol. The van der Waals surface area contributed by atoms with Crippen molar-refractivity contribution in [2.45, 2.75) is 60.3 Å². The molecule has 1 fully saturated rings. The number of hydrogen-bond acceptors (Lipinski definition) is 6. The summed E-state index contributed by atoms with van der Waals surface area (Å²) in [7, 11) is 0. The predicted octanol–water partition coefficient (Wildman–Crippen LogP) is 5.36. The number of carbonyl (C=O) groups is 2. The molecule has 0 unspecified atom stereocenters. The lowest BCUT2D eigenvalue weighted by atomic mass is 9.82. The summed E-state index contributed by atoms with van der Waals surface area (Å²) in [5.74, 6) is 12.1. The van der Waals surface area contributed by atoms with Gasteiger partial charge in [0.25, 0.3) is 0 Å². The summed E-state index contributed by atoms with van der Waals surface area (Å²) < 4.78 is 5.14. The minimum Gasteiger partial charge on any atom is -0.492 e. The quantitative estimate of drug-likeness (QED) is 0.256. The van der Waals surface area contributed by atoms with Crippen molar-refractivity contribution in [3.05, 3.63) is 40.3 Å². The summed E-state index contributed by atoms with van der Waals surface area (Å²) in [6.07, 6.45) is 7.03. The highest BCUT2D eigenvalue weighted by Crippen LogP contribution is 2.33. The van der Waals surface area contributed by atoms with Crippen LogP contribution in [-0.4, -0.2) is 28.6 Å². The number of rotatable bonds is 5. The Hall–Kier alpha value is -2.89. The Balaban J connectivity index is 0.000000379. The zero-order valence-corrected chi connectivity index (χ0v) is 21.4. The first kappa shape index (κ1) is 27.4. The van der Waals surface area contributed by atoms with Gasteiger partial charge in [-0.25, -0.2) is 15.6 Å². The monoisotopic (exact) mass is 485 g/mol. The third-order valence-electron chi connectivity index (χ3n) is 5.27. The molecule has 3 N–H and O–H groups in total. The summed E-state index contributed by atoms with van der Waals surface area (Å²) in [4.78, 5) is 28.8. The van der Waals surface area contributed by atoms with E-state index >= 15 is 0 Å². The smallest absolute Gasteiger partial charge is 0.348 e. The van der Waals surface area contributed by atoms with E-state index in [1.54, 1.807) is 18.5 Å². The molecule has 0 aliphatic heterocycles. The van der Waals surface area contributed by atoms with Gasteiger partial charge in [0, 0.05) is 17.5 Å². The molecule has 1 aliphatic rings. The van der Waals surface area contributed by atoms with Crippen LogP contribution in [0.5, 0.6) is 5.75 Å². The molecule has 8 heteroatoms. The van der Waals surface area contributed by atoms with Gasteiger partial charge < -0.3 is 9.84 Å². The van der Waals surface area contributed by atoms with Gasteiger partial charge in [0.05, 0.1) is 23.4 Å². The van der Waals surface area contributed by atoms with Gasteiger partial charge in [0.2, 0.25) is 5.91 Å². The molecule has 1 aliphatic carbocycles. The molecule has 1 amide bonds. The lowest BCUT2D eigenvalue weighted by Gasteiger charge is -2.28. The average Bonchev–Trinajstić information content (AvgIpc) is 3.23. The van der Waals surface area contributed by atoms with Crippen LogP contribution < -0.4 is 15.6 Å². The largest absolute Gasteiger partial charge is 0.492 e. The number of aromatic carboxylic acids is 1. The van der Waals surface area contributed by atoms with E-state index in [0.717, 1.165) is 47.8 Å². The maximum atomic E-state index is 12.7. The van der Waals surface area contributed by atoms with Crippen molar-refractivity contribution in [1.29, 1.82) is 0 Å². The molecular weight excluding hydrogens is 450 g/mol. The second-order valence-corrected chi connectivity index (χ2v) is 10.5. The number of pyridine rings is 1. The number of nitrogens with zero attached hydrogens (tertiary/aromatic N) is 2. The zero-order valence-electron chi connectivity index (χ0n) is 20.6. The highest BCUT2D eigenvalue weighted by Gasteiger charge is 2.30. The van der Waals surface area contributed by atoms with Crippen LogP contribution in [0.2, 0.25) is 0 Å². The van der Waals surface area contributed by atoms with Crippen LogP contribution in [0, 0.1) is 29.1 Å². The summed E-state index contributed by atoms with van der Waals surface area (Å²) in [6.45, 7) is 10.8. The van der Waals surface area contributed by atoms with E-state index in [1.807, 2.05) is 39.8 Å². The first-order valence-corrected chi connectivity index (χ1v) is 12.3. The van der Waals surface area contributed by atoms with Gasteiger partial charge in [-0.2, -0.15) is 0 Å². The van der Waals surface area contributed by atoms with Crippen LogP contribution in [0.4, 0.5) is 5.69 Å². The van der Waals surface area contributed by atoms with Crippen molar-refractivity contribution in [2.75, 3.05) is 11.6 Å². The fourth-order valence-corrected chi connectivity index (χ4v) is 4.29. The first-order chi connectivity index (χ1) is 16.0. The molecule has 0 radical (unpaired) electrons. The number of carbonyl (C=O) groups excluding carboxylic acids is 1. The molecule has 0 aromatic carbocycles. The fourth-order valence-electron chi connectivity index (χ4n) is 3.45. The van der Waals surface area contributed by atoms with Gasteiger partial charge in [0.1, 0.15) is 10.6 Å². The lowest BCUT2D eigenvalue weighted by molar-refractivity contribution is -0.123. The Kier molecular flexibility index (Phi) is 10.1. The van der Waals surface area contributed by atoms with E-state index in [9.17, 15) is 14.7 Å². The molecule has 0 bridgehead atoms. The highest BCUT2D eigenvalue weighted by atomic mass is 32.1. The van der Waals surface area contributed by atoms with Gasteiger partial charge in [-0.3, -0.25) is 9.78 Å². The normalized spacial score (nSPS) is 17.5. The standard InChI is InChI=1S/C19H26N2O3S.C7H9NO/c1-12-5-7-13(8-6-12)17(22)21(20)15-11-14(9-10-19(2,3)4)25-16(15)18(23)24;1-2-9-7-4-3-5-8-6-7/h11-13H,5-8,20H2,1-4H3,(H,23,24);3-6H,2H2,1H3. The molecule has 3 rings (SSSR count). The van der Waals surface area contributed by atoms with Crippen LogP contribution in [-0.2, 0) is 4.79 Å². The summed E-state index contributed by atoms with van der Waals surface area (Å²) in [6, 6.07) is 5.34. The first-order valence-electron chi connectivity index (χ1n) is 11.5. The highest BCUT2D eigenvalue weighted by molar-refractivity contribution is 7.15. The van der Waals surface area contributed by atoms with Gasteiger partial charge in [-0.05, 0) is 77.5 Å². The van der Waals surface area contributed by atoms with Crippen molar-refractivity contribution in [3.63, 3.8) is 0 Å². The molecule has 34 heavy (non-hydrogen) atoms. The Morgan fingerprint density at radius 3 is 2.50 bits per heavy atom. The van der Waals surface area contributed by atoms with Gasteiger partial charge in [-0.15, -0.1) is 11.3 Å². The van der Waals surface area contributed by atoms with E-state index in [0.29, 0.717) is 17.4 Å². The van der Waals surface area contributed by atoms with E-state index in [1.165, 1.54) is 0 Å². The number of anilines is 1. The van der Waals surface area contributed by atoms with Crippen molar-refractivity contribution >= 4 is 28.9 Å².